The van der Waals surface area contributed by atoms with Crippen LogP contribution in [0.3, 0.4) is 0 Å². The van der Waals surface area contributed by atoms with Crippen molar-refractivity contribution < 1.29 is 39.2 Å². The van der Waals surface area contributed by atoms with Gasteiger partial charge in [-0.25, -0.2) is 9.78 Å². The van der Waals surface area contributed by atoms with Crippen LogP contribution < -0.4 is 5.32 Å². The molecular weight excluding hydrogens is 620 g/mol. The van der Waals surface area contributed by atoms with Gasteiger partial charge in [-0.3, -0.25) is 9.59 Å². The van der Waals surface area contributed by atoms with Crippen LogP contribution >= 0.6 is 11.8 Å². The number of carboxylic acids is 2. The monoisotopic (exact) mass is 656 g/mol. The van der Waals surface area contributed by atoms with Crippen molar-refractivity contribution in [1.82, 2.24) is 10.3 Å². The van der Waals surface area contributed by atoms with E-state index in [1.165, 1.54) is 17.8 Å². The van der Waals surface area contributed by atoms with E-state index < -0.39 is 18.2 Å². The van der Waals surface area contributed by atoms with Gasteiger partial charge in [-0.1, -0.05) is 72.8 Å². The molecule has 1 amide bonds. The van der Waals surface area contributed by atoms with E-state index in [1.807, 2.05) is 72.8 Å². The van der Waals surface area contributed by atoms with Crippen molar-refractivity contribution in [2.24, 2.45) is 0 Å². The summed E-state index contributed by atoms with van der Waals surface area (Å²) in [5.74, 6) is -1.68. The maximum Gasteiger partial charge on any atom is 0.338 e. The third-order valence-corrected chi connectivity index (χ3v) is 8.94. The molecule has 1 aliphatic heterocycles. The number of amides is 1. The molecule has 3 atom stereocenters. The van der Waals surface area contributed by atoms with E-state index in [4.69, 9.17) is 14.6 Å². The summed E-state index contributed by atoms with van der Waals surface area (Å²) in [5, 5.41) is 31.2. The zero-order valence-electron chi connectivity index (χ0n) is 25.6. The number of thioether (sulfide) groups is 1. The summed E-state index contributed by atoms with van der Waals surface area (Å²) in [6.45, 7) is 0.260. The number of carbonyl (C=O) groups is 3. The van der Waals surface area contributed by atoms with Crippen molar-refractivity contribution in [3.05, 3.63) is 119 Å². The van der Waals surface area contributed by atoms with Crippen molar-refractivity contribution in [2.45, 2.75) is 62.4 Å². The third-order valence-electron chi connectivity index (χ3n) is 7.80. The zero-order valence-corrected chi connectivity index (χ0v) is 26.4. The lowest BCUT2D eigenvalue weighted by atomic mass is 9.97. The predicted molar refractivity (Wildman–Crippen MR) is 176 cm³/mol. The predicted octanol–water partition coefficient (Wildman–Crippen LogP) is 6.15. The molecule has 0 radical (unpaired) electrons. The molecule has 1 aliphatic rings. The van der Waals surface area contributed by atoms with E-state index >= 15 is 0 Å². The third kappa shape index (κ3) is 9.26. The van der Waals surface area contributed by atoms with Gasteiger partial charge in [-0.15, -0.1) is 11.8 Å². The van der Waals surface area contributed by atoms with Crippen molar-refractivity contribution >= 4 is 29.6 Å². The molecule has 1 aromatic heterocycles. The molecule has 1 saturated heterocycles. The number of carboxylic acid groups (broad SMARTS) is 2. The molecule has 11 heteroatoms. The number of nitrogens with zero attached hydrogens (tertiary/aromatic N) is 1. The lowest BCUT2D eigenvalue weighted by Gasteiger charge is -2.36. The van der Waals surface area contributed by atoms with Gasteiger partial charge in [0, 0.05) is 43.3 Å². The summed E-state index contributed by atoms with van der Waals surface area (Å²) in [6, 6.07) is 26.4. The summed E-state index contributed by atoms with van der Waals surface area (Å²) >= 11 is 1.33. The first kappa shape index (κ1) is 33.8. The normalized spacial score (nSPS) is 17.6. The summed E-state index contributed by atoms with van der Waals surface area (Å²) in [5.41, 5.74) is 5.53. The second-order valence-electron chi connectivity index (χ2n) is 11.1. The van der Waals surface area contributed by atoms with Gasteiger partial charge >= 0.3 is 11.9 Å². The Kier molecular flexibility index (Phi) is 11.7. The second kappa shape index (κ2) is 16.3. The van der Waals surface area contributed by atoms with E-state index in [9.17, 15) is 24.6 Å². The number of aliphatic hydroxyl groups is 1. The highest BCUT2D eigenvalue weighted by molar-refractivity contribution is 7.99. The Morgan fingerprint density at radius 2 is 1.62 bits per heavy atom. The number of pyridine rings is 1. The topological polar surface area (TPSA) is 155 Å². The first-order chi connectivity index (χ1) is 22.8. The Bertz CT molecular complexity index is 1680. The van der Waals surface area contributed by atoms with Gasteiger partial charge < -0.3 is 30.1 Å². The van der Waals surface area contributed by atoms with E-state index in [0.717, 1.165) is 33.4 Å². The number of nitrogens with one attached hydrogen (secondary N) is 1. The number of aliphatic carboxylic acids is 1. The average molecular weight is 657 g/mol. The number of hydrogen-bond acceptors (Lipinski definition) is 8. The van der Waals surface area contributed by atoms with Gasteiger partial charge in [0.1, 0.15) is 5.03 Å². The van der Waals surface area contributed by atoms with E-state index in [-0.39, 0.29) is 49.5 Å². The smallest absolute Gasteiger partial charge is 0.338 e. The van der Waals surface area contributed by atoms with Crippen LogP contribution in [0.2, 0.25) is 0 Å². The first-order valence-electron chi connectivity index (χ1n) is 15.3. The SMILES string of the molecule is O=C(O)CCCC(=O)NCc1ccccc1-c1ccc([C@H]2O[C@@H](CSc3ncccc3C(=O)O)C[C@@H](c3ccc(CO)cc3)O2)cc1. The van der Waals surface area contributed by atoms with Crippen molar-refractivity contribution in [2.75, 3.05) is 5.75 Å². The van der Waals surface area contributed by atoms with Gasteiger partial charge in [0.25, 0.3) is 0 Å². The fraction of sp³-hybridized carbons (Fsp3) is 0.278. The van der Waals surface area contributed by atoms with Crippen molar-refractivity contribution in [3.63, 3.8) is 0 Å². The highest BCUT2D eigenvalue weighted by atomic mass is 32.2. The molecule has 244 valence electrons. The van der Waals surface area contributed by atoms with Crippen LogP contribution in [-0.2, 0) is 32.2 Å². The molecule has 3 aromatic carbocycles. The molecule has 1 fully saturated rings. The molecule has 0 aliphatic carbocycles. The van der Waals surface area contributed by atoms with E-state index in [0.29, 0.717) is 23.7 Å². The minimum atomic E-state index is -1.03. The number of ether oxygens (including phenoxy) is 2. The fourth-order valence-corrected chi connectivity index (χ4v) is 6.33. The van der Waals surface area contributed by atoms with Crippen LogP contribution in [0.5, 0.6) is 0 Å². The molecule has 47 heavy (non-hydrogen) atoms. The van der Waals surface area contributed by atoms with E-state index in [1.54, 1.807) is 12.3 Å². The molecule has 10 nitrogen and oxygen atoms in total. The van der Waals surface area contributed by atoms with E-state index in [2.05, 4.69) is 10.3 Å². The van der Waals surface area contributed by atoms with Crippen LogP contribution in [0.1, 0.15) is 70.7 Å². The number of aromatic carboxylic acids is 1. The van der Waals surface area contributed by atoms with Gasteiger partial charge in [0.05, 0.1) is 24.4 Å². The Hall–Kier alpha value is -4.55. The van der Waals surface area contributed by atoms with Crippen LogP contribution in [0.25, 0.3) is 11.1 Å². The number of aliphatic hydroxyl groups excluding tert-OH is 1. The first-order valence-corrected chi connectivity index (χ1v) is 16.3. The number of rotatable bonds is 14. The second-order valence-corrected chi connectivity index (χ2v) is 12.1. The summed E-state index contributed by atoms with van der Waals surface area (Å²) in [4.78, 5) is 39.0. The van der Waals surface area contributed by atoms with Crippen molar-refractivity contribution in [3.8, 4) is 11.1 Å². The highest BCUT2D eigenvalue weighted by Crippen LogP contribution is 2.40. The Labute approximate surface area is 276 Å². The minimum Gasteiger partial charge on any atom is -0.481 e. The number of benzene rings is 3. The minimum absolute atomic E-state index is 0.0447. The maximum atomic E-state index is 12.3. The van der Waals surface area contributed by atoms with Gasteiger partial charge in [0.2, 0.25) is 5.91 Å². The molecule has 4 aromatic rings. The molecule has 0 spiro atoms. The summed E-state index contributed by atoms with van der Waals surface area (Å²) in [6.07, 6.45) is 1.26. The Balaban J connectivity index is 1.31. The molecule has 2 heterocycles. The Morgan fingerprint density at radius 3 is 2.34 bits per heavy atom. The van der Waals surface area contributed by atoms with Crippen LogP contribution in [-0.4, -0.2) is 50.0 Å². The maximum absolute atomic E-state index is 12.3. The molecule has 4 N–H and O–H groups in total. The van der Waals surface area contributed by atoms with Gasteiger partial charge in [0.15, 0.2) is 6.29 Å². The number of hydrogen-bond donors (Lipinski definition) is 4. The summed E-state index contributed by atoms with van der Waals surface area (Å²) in [7, 11) is 0. The number of carbonyl (C=O) groups excluding carboxylic acids is 1. The number of aromatic nitrogens is 1. The lowest BCUT2D eigenvalue weighted by molar-refractivity contribution is -0.245. The van der Waals surface area contributed by atoms with Crippen LogP contribution in [0.4, 0.5) is 0 Å². The van der Waals surface area contributed by atoms with Gasteiger partial charge in [-0.05, 0) is 46.4 Å². The quantitative estimate of drug-likeness (QED) is 0.116. The molecule has 0 unspecified atom stereocenters. The zero-order chi connectivity index (χ0) is 33.2. The van der Waals surface area contributed by atoms with Gasteiger partial charge in [-0.2, -0.15) is 0 Å². The largest absolute Gasteiger partial charge is 0.481 e. The van der Waals surface area contributed by atoms with Crippen LogP contribution in [0, 0.1) is 0 Å². The van der Waals surface area contributed by atoms with Crippen molar-refractivity contribution in [1.29, 1.82) is 0 Å². The standard InChI is InChI=1S/C36H36N2O8S/c39-21-23-10-12-25(13-11-23)31-19-28(22-47-34-30(35(43)44)7-4-18-37-34)45-36(46-31)26-16-14-24(15-17-26)29-6-2-1-5-27(29)20-38-32(40)8-3-9-33(41)42/h1-2,4-7,10-18,28,31,36,39H,3,8-9,19-22H2,(H,38,40)(H,41,42)(H,43,44)/t28-,31+,36+/m1/s1. The molecule has 0 saturated carbocycles. The fourth-order valence-electron chi connectivity index (χ4n) is 5.32. The van der Waals surface area contributed by atoms with Crippen LogP contribution in [0.15, 0.2) is 96.2 Å². The summed E-state index contributed by atoms with van der Waals surface area (Å²) < 4.78 is 12.9. The molecule has 0 bridgehead atoms. The Morgan fingerprint density at radius 1 is 0.872 bits per heavy atom. The lowest BCUT2D eigenvalue weighted by Crippen LogP contribution is -2.31. The highest BCUT2D eigenvalue weighted by Gasteiger charge is 2.32. The average Bonchev–Trinajstić information content (AvgIpc) is 3.10. The molecule has 5 rings (SSSR count). The molecular formula is C36H36N2O8S.